The van der Waals surface area contributed by atoms with Gasteiger partial charge in [-0.2, -0.15) is 25.3 Å². The molecule has 13 aliphatic rings. The van der Waals surface area contributed by atoms with E-state index in [1.165, 1.54) is 36.4 Å². The van der Waals surface area contributed by atoms with E-state index in [0.29, 0.717) is 37.9 Å². The third-order valence-electron chi connectivity index (χ3n) is 16.4. The highest BCUT2D eigenvalue weighted by Crippen LogP contribution is 2.46. The van der Waals surface area contributed by atoms with Gasteiger partial charge in [0.1, 0.15) is 67.1 Å². The minimum atomic E-state index is -4.09. The minimum Gasteiger partial charge on any atom is -0.390 e. The lowest BCUT2D eigenvalue weighted by Crippen LogP contribution is -2.55. The van der Waals surface area contributed by atoms with Crippen molar-refractivity contribution >= 4 is 54.3 Å². The van der Waals surface area contributed by atoms with E-state index in [-0.39, 0.29) is 113 Å². The molecule has 4 N–H and O–H groups in total. The van der Waals surface area contributed by atoms with Crippen molar-refractivity contribution in [2.45, 2.75) is 191 Å². The van der Waals surface area contributed by atoms with Crippen molar-refractivity contribution in [2.24, 2.45) is 11.8 Å². The van der Waals surface area contributed by atoms with E-state index < -0.39 is 98.1 Å². The van der Waals surface area contributed by atoms with Crippen LogP contribution in [0.15, 0.2) is 87.5 Å². The van der Waals surface area contributed by atoms with Crippen LogP contribution in [0.2, 0.25) is 0 Å². The summed E-state index contributed by atoms with van der Waals surface area (Å²) in [7, 11) is -11.9. The Morgan fingerprint density at radius 1 is 0.349 bits per heavy atom. The van der Waals surface area contributed by atoms with Crippen LogP contribution in [-0.2, 0) is 104 Å². The van der Waals surface area contributed by atoms with Gasteiger partial charge < -0.3 is 82.0 Å². The number of rotatable bonds is 9. The second-order valence-electron chi connectivity index (χ2n) is 22.2. The molecule has 3 aromatic rings. The first-order valence-corrected chi connectivity index (χ1v) is 31.3. The van der Waals surface area contributed by atoms with Gasteiger partial charge in [-0.1, -0.05) is 66.9 Å². The molecule has 13 fully saturated rings. The fourth-order valence-electron chi connectivity index (χ4n) is 11.1. The van der Waals surface area contributed by atoms with E-state index in [1.807, 2.05) is 20.8 Å². The van der Waals surface area contributed by atoms with Crippen LogP contribution in [0.25, 0.3) is 0 Å². The van der Waals surface area contributed by atoms with Crippen molar-refractivity contribution in [3.05, 3.63) is 89.5 Å². The van der Waals surface area contributed by atoms with Crippen molar-refractivity contribution in [3.8, 4) is 0 Å². The second kappa shape index (κ2) is 24.4. The molecule has 16 rings (SSSR count). The highest BCUT2D eigenvalue weighted by molar-refractivity contribution is 14.0. The maximum Gasteiger partial charge on any atom is 0.297 e. The molecule has 3 aromatic carbocycles. The van der Waals surface area contributed by atoms with Crippen molar-refractivity contribution in [3.63, 3.8) is 0 Å². The number of benzene rings is 3. The zero-order valence-corrected chi connectivity index (χ0v) is 50.1. The Labute approximate surface area is 496 Å². The lowest BCUT2D eigenvalue weighted by molar-refractivity contribution is -0.219. The van der Waals surface area contributed by atoms with E-state index in [4.69, 9.17) is 74.1 Å². The van der Waals surface area contributed by atoms with Gasteiger partial charge in [0.15, 0.2) is 49.8 Å². The molecule has 0 radical (unpaired) electrons. The molecule has 0 amide bonds. The molecule has 13 aliphatic heterocycles. The molecule has 460 valence electrons. The summed E-state index contributed by atoms with van der Waals surface area (Å²) in [5.74, 6) is 0.283. The molecule has 0 aromatic heterocycles. The molecule has 0 aliphatic carbocycles. The number of hydrogen-bond donors (Lipinski definition) is 4. The lowest BCUT2D eigenvalue weighted by Gasteiger charge is -2.35. The number of epoxide rings is 3. The number of aliphatic hydroxyl groups is 4. The first-order chi connectivity index (χ1) is 39.0. The van der Waals surface area contributed by atoms with Gasteiger partial charge >= 0.3 is 0 Å². The first-order valence-electron chi connectivity index (χ1n) is 27.1. The average Bonchev–Trinajstić information content (AvgIpc) is 2.94. The number of halogens is 1. The molecule has 25 unspecified atom stereocenters. The summed E-state index contributed by atoms with van der Waals surface area (Å²) in [6.07, 6.45) is -10.4. The first kappa shape index (κ1) is 62.1. The van der Waals surface area contributed by atoms with Crippen LogP contribution in [0.1, 0.15) is 30.5 Å². The van der Waals surface area contributed by atoms with E-state index >= 15 is 0 Å². The summed E-state index contributed by atoms with van der Waals surface area (Å²) >= 11 is 0. The zero-order chi connectivity index (χ0) is 57.7. The van der Waals surface area contributed by atoms with Crippen LogP contribution in [-0.4, -0.2) is 220 Å². The SMILES string of the molecule is CC1C2COC(O2)C2OC12.Cc1ccc(S(=O)(=O)OC2C3OCC(O3)C(C)C2O)cc1.Cc1ccc(S(=O)(=O)OC2C3OCC(O3)C(O)C2O)cc1.Cc1ccc(S(=O)(=O)OC2C3OCC(O3)C3OC32)cc1.I.OC1C2COC(O2)C2OC12. The standard InChI is InChI=1S/C14H18O6S.C13H16O7S.C13H14O6S.C7H10O3.C6H8O4.HI/c1-8-3-5-10(6-4-8)21(16,17)20-13-12(15)9(2)11-7-18-14(13)19-11;1-7-2-4-8(5-3-7)21(16,17)20-12-11(15)10(14)9-6-18-13(12)19-9;1-7-2-4-8(5-3-7)20(14,15)19-12-11-10(18-11)9-6-16-13(12)17-9;1-3-4-2-8-7(9-4)6-5(3)10-6;7-3-2-1-8-6(9-2)5-4(3)10-5;/h3-6,9,11-15H,7H2,1-2H3;2-5,9-15H,6H2,1H3;2-5,9-13H,6H2,1H3;3-7H,2H2,1H3;2-7H,1H2;1H. The van der Waals surface area contributed by atoms with E-state index in [2.05, 4.69) is 6.92 Å². The van der Waals surface area contributed by atoms with Crippen LogP contribution in [0.3, 0.4) is 0 Å². The van der Waals surface area contributed by atoms with Gasteiger partial charge in [0.25, 0.3) is 30.4 Å². The predicted octanol–water partition coefficient (Wildman–Crippen LogP) is 0.591. The maximum atomic E-state index is 12.3. The Morgan fingerprint density at radius 3 is 1.20 bits per heavy atom. The summed E-state index contributed by atoms with van der Waals surface area (Å²) in [4.78, 5) is 0.142. The second-order valence-corrected chi connectivity index (χ2v) is 27.0. The molecule has 83 heavy (non-hydrogen) atoms. The summed E-state index contributed by atoms with van der Waals surface area (Å²) in [5.41, 5.74) is 2.84. The lowest BCUT2D eigenvalue weighted by atomic mass is 9.93. The fraction of sp³-hybridized carbons (Fsp3) is 0.660. The Bertz CT molecular complexity index is 2940. The third kappa shape index (κ3) is 13.0. The van der Waals surface area contributed by atoms with E-state index in [9.17, 15) is 45.7 Å². The van der Waals surface area contributed by atoms with Crippen molar-refractivity contribution in [1.82, 2.24) is 0 Å². The molecule has 30 heteroatoms. The van der Waals surface area contributed by atoms with Crippen LogP contribution >= 0.6 is 24.0 Å². The molecule has 13 saturated heterocycles. The summed E-state index contributed by atoms with van der Waals surface area (Å²) in [6, 6.07) is 18.9. The van der Waals surface area contributed by atoms with Crippen molar-refractivity contribution < 1.29 is 120 Å². The zero-order valence-electron chi connectivity index (χ0n) is 45.3. The topological polar surface area (TPSA) is 341 Å². The molecular formula is C53H67IO26S3. The normalized spacial score (nSPS) is 42.8. The van der Waals surface area contributed by atoms with Gasteiger partial charge in [-0.25, -0.2) is 0 Å². The van der Waals surface area contributed by atoms with E-state index in [0.717, 1.165) is 23.3 Å². The maximum absolute atomic E-state index is 12.3. The van der Waals surface area contributed by atoms with Crippen LogP contribution in [0.4, 0.5) is 0 Å². The summed E-state index contributed by atoms with van der Waals surface area (Å²) < 4.78 is 159. The largest absolute Gasteiger partial charge is 0.390 e. The molecule has 0 saturated carbocycles. The highest BCUT2D eigenvalue weighted by atomic mass is 127. The number of ether oxygens (including phenoxy) is 13. The molecule has 13 heterocycles. The van der Waals surface area contributed by atoms with Gasteiger partial charge in [0.2, 0.25) is 0 Å². The van der Waals surface area contributed by atoms with Gasteiger partial charge in [-0.05, 0) is 57.2 Å². The molecule has 26 nitrogen and oxygen atoms in total. The molecule has 10 bridgehead atoms. The van der Waals surface area contributed by atoms with E-state index in [1.54, 1.807) is 43.3 Å². The smallest absolute Gasteiger partial charge is 0.297 e. The quantitative estimate of drug-likeness (QED) is 0.129. The Balaban J connectivity index is 0.000000111. The number of aliphatic hydroxyl groups excluding tert-OH is 4. The average molecular weight is 1340 g/mol. The summed E-state index contributed by atoms with van der Waals surface area (Å²) in [6.45, 7) is 11.7. The Morgan fingerprint density at radius 2 is 0.687 bits per heavy atom. The number of aryl methyl sites for hydroxylation is 3. The van der Waals surface area contributed by atoms with Gasteiger partial charge in [0.05, 0.1) is 72.1 Å². The number of fused-ring (bicyclic) bond motifs is 16. The van der Waals surface area contributed by atoms with Gasteiger partial charge in [0, 0.05) is 11.8 Å². The van der Waals surface area contributed by atoms with Crippen LogP contribution in [0.5, 0.6) is 0 Å². The molecular weight excluding hydrogens is 1280 g/mol. The monoisotopic (exact) mass is 1340 g/mol. The predicted molar refractivity (Wildman–Crippen MR) is 287 cm³/mol. The minimum absolute atomic E-state index is 0. The van der Waals surface area contributed by atoms with Crippen LogP contribution < -0.4 is 0 Å². The number of hydrogen-bond acceptors (Lipinski definition) is 26. The third-order valence-corrected chi connectivity index (χ3v) is 20.4. The van der Waals surface area contributed by atoms with Crippen molar-refractivity contribution in [1.29, 1.82) is 0 Å². The Hall–Kier alpha value is -2.56. The fourth-order valence-corrected chi connectivity index (χ4v) is 14.3. The Kier molecular flexibility index (Phi) is 18.3. The van der Waals surface area contributed by atoms with Gasteiger partial charge in [-0.15, -0.1) is 24.0 Å². The van der Waals surface area contributed by atoms with Gasteiger partial charge in [-0.3, -0.25) is 12.5 Å². The van der Waals surface area contributed by atoms with Crippen LogP contribution in [0, 0.1) is 32.6 Å². The summed E-state index contributed by atoms with van der Waals surface area (Å²) in [5, 5.41) is 39.4. The molecule has 0 spiro atoms. The van der Waals surface area contributed by atoms with Crippen molar-refractivity contribution in [2.75, 3.05) is 33.0 Å². The highest BCUT2D eigenvalue weighted by Gasteiger charge is 2.64. The molecule has 25 atom stereocenters.